The molecule has 0 saturated carbocycles. The highest BCUT2D eigenvalue weighted by Gasteiger charge is 2.28. The van der Waals surface area contributed by atoms with Gasteiger partial charge in [0.15, 0.2) is 6.10 Å². The predicted molar refractivity (Wildman–Crippen MR) is 298 cm³/mol. The number of rotatable bonds is 52. The van der Waals surface area contributed by atoms with Gasteiger partial charge in [0.1, 0.15) is 12.7 Å². The molecule has 0 aromatic heterocycles. The number of phosphoric ester groups is 1. The monoisotopic (exact) mass is 1030 g/mol. The van der Waals surface area contributed by atoms with Crippen molar-refractivity contribution in [2.75, 3.05) is 26.4 Å². The van der Waals surface area contributed by atoms with Crippen LogP contribution in [0, 0.1) is 0 Å². The van der Waals surface area contributed by atoms with Gasteiger partial charge in [0.25, 0.3) is 0 Å². The summed E-state index contributed by atoms with van der Waals surface area (Å²) in [4.78, 5) is 48.5. The first-order chi connectivity index (χ1) is 35.2. The van der Waals surface area contributed by atoms with Crippen molar-refractivity contribution in [3.63, 3.8) is 0 Å². The normalized spacial score (nSPS) is 14.0. The summed E-state index contributed by atoms with van der Waals surface area (Å²) in [6, 6.07) is 0. The summed E-state index contributed by atoms with van der Waals surface area (Å²) >= 11 is 0. The van der Waals surface area contributed by atoms with Gasteiger partial charge in [-0.2, -0.15) is 0 Å². The molecule has 72 heavy (non-hydrogen) atoms. The fourth-order valence-electron chi connectivity index (χ4n) is 7.54. The van der Waals surface area contributed by atoms with Crippen LogP contribution < -0.4 is 0 Å². The van der Waals surface area contributed by atoms with E-state index in [2.05, 4.69) is 106 Å². The van der Waals surface area contributed by atoms with Gasteiger partial charge >= 0.3 is 25.7 Å². The van der Waals surface area contributed by atoms with Crippen molar-refractivity contribution < 1.29 is 52.2 Å². The number of hydrogen-bond donors (Lipinski definition) is 2. The molecule has 0 spiro atoms. The molecule has 0 aliphatic carbocycles. The minimum atomic E-state index is -4.76. The molecule has 3 atom stereocenters. The molecule has 0 amide bonds. The lowest BCUT2D eigenvalue weighted by atomic mass is 10.0. The molecule has 0 rings (SSSR count). The quantitative estimate of drug-likeness (QED) is 0.0197. The van der Waals surface area contributed by atoms with E-state index in [-0.39, 0.29) is 25.9 Å². The highest BCUT2D eigenvalue weighted by atomic mass is 31.2. The molecular weight excluding hydrogens is 928 g/mol. The van der Waals surface area contributed by atoms with E-state index < -0.39 is 57.8 Å². The molecule has 0 saturated heterocycles. The Morgan fingerprint density at radius 2 is 0.722 bits per heavy atom. The van der Waals surface area contributed by atoms with Gasteiger partial charge in [0, 0.05) is 19.3 Å². The topological polar surface area (TPSA) is 155 Å². The lowest BCUT2D eigenvalue weighted by molar-refractivity contribution is -0.161. The van der Waals surface area contributed by atoms with Crippen LogP contribution in [0.1, 0.15) is 239 Å². The van der Waals surface area contributed by atoms with Gasteiger partial charge in [-0.05, 0) is 89.9 Å². The Hall–Kier alpha value is -3.34. The van der Waals surface area contributed by atoms with Gasteiger partial charge in [0.05, 0.1) is 19.8 Å². The van der Waals surface area contributed by atoms with Crippen molar-refractivity contribution >= 4 is 25.7 Å². The molecule has 0 aromatic rings. The molecule has 0 aliphatic rings. The summed E-state index contributed by atoms with van der Waals surface area (Å²) < 4.78 is 39.4. The van der Waals surface area contributed by atoms with Crippen LogP contribution in [0.3, 0.4) is 0 Å². The van der Waals surface area contributed by atoms with Crippen molar-refractivity contribution in [1.29, 1.82) is 0 Å². The second kappa shape index (κ2) is 53.9. The highest BCUT2D eigenvalue weighted by molar-refractivity contribution is 7.47. The summed E-state index contributed by atoms with van der Waals surface area (Å²) in [5, 5.41) is 9.80. The van der Waals surface area contributed by atoms with E-state index in [1.165, 1.54) is 70.6 Å². The van der Waals surface area contributed by atoms with Crippen LogP contribution in [0.5, 0.6) is 0 Å². The van der Waals surface area contributed by atoms with Crippen molar-refractivity contribution in [3.8, 4) is 0 Å². The standard InChI is InChI=1S/C60H103O11P/c1-4-7-10-13-16-19-22-25-27-28-30-32-34-37-40-43-46-49-58(62)67-53-57(71-60(64)51-48-45-42-39-36-33-29-26-23-20-17-14-11-8-5-2)55-69-72(65,66)68-54-56(52-61)70-59(63)50-47-44-41-38-35-31-24-21-18-15-12-9-6-3/h7-8,10-11,16-17,19-20,25-27,29,36,39,56-57,61H,4-6,9,12-15,18,21-24,28,30-35,37-38,40-55H2,1-3H3,(H,65,66)/b10-7-,11-8-,19-16-,20-17-,27-25-,29-26-,39-36-. The van der Waals surface area contributed by atoms with Crippen molar-refractivity contribution in [3.05, 3.63) is 85.1 Å². The zero-order valence-electron chi connectivity index (χ0n) is 45.6. The third kappa shape index (κ3) is 51.6. The summed E-state index contributed by atoms with van der Waals surface area (Å²) in [6.45, 7) is 4.36. The summed E-state index contributed by atoms with van der Waals surface area (Å²) in [6.07, 6.45) is 61.2. The number of phosphoric acid groups is 1. The Labute approximate surface area is 439 Å². The maximum absolute atomic E-state index is 12.9. The molecule has 3 unspecified atom stereocenters. The number of unbranched alkanes of at least 4 members (excludes halogenated alkanes) is 21. The molecule has 0 aromatic carbocycles. The molecule has 0 radical (unpaired) electrons. The van der Waals surface area contributed by atoms with Gasteiger partial charge < -0.3 is 24.2 Å². The number of carbonyl (C=O) groups is 3. The Bertz CT molecular complexity index is 1530. The van der Waals surface area contributed by atoms with Crippen molar-refractivity contribution in [2.45, 2.75) is 251 Å². The van der Waals surface area contributed by atoms with E-state index in [9.17, 15) is 28.9 Å². The summed E-state index contributed by atoms with van der Waals surface area (Å²) in [5.74, 6) is -1.53. The molecule has 414 valence electrons. The fourth-order valence-corrected chi connectivity index (χ4v) is 8.32. The average molecular weight is 1030 g/mol. The Morgan fingerprint density at radius 1 is 0.403 bits per heavy atom. The SMILES string of the molecule is CC/C=C\C/C=C\C/C=C\C/C=C\CCCCC(=O)OC(COC(=O)CCCCCCCCC/C=C\C/C=C\C/C=C\CC)COP(=O)(O)OCC(CO)OC(=O)CCCCCCCCCCCCCCC. The first-order valence-corrected chi connectivity index (χ1v) is 30.0. The Balaban J connectivity index is 4.79. The zero-order chi connectivity index (χ0) is 52.7. The van der Waals surface area contributed by atoms with Gasteiger partial charge in [0.2, 0.25) is 0 Å². The lowest BCUT2D eigenvalue weighted by Gasteiger charge is -2.21. The molecule has 12 heteroatoms. The largest absolute Gasteiger partial charge is 0.472 e. The fraction of sp³-hybridized carbons (Fsp3) is 0.717. The first kappa shape index (κ1) is 68.7. The second-order valence-corrected chi connectivity index (χ2v) is 20.1. The molecule has 0 heterocycles. The van der Waals surface area contributed by atoms with Crippen LogP contribution in [-0.2, 0) is 42.2 Å². The maximum atomic E-state index is 12.9. The number of esters is 3. The van der Waals surface area contributed by atoms with Gasteiger partial charge in [-0.1, -0.05) is 215 Å². The lowest BCUT2D eigenvalue weighted by Crippen LogP contribution is -2.30. The van der Waals surface area contributed by atoms with Crippen LogP contribution in [0.2, 0.25) is 0 Å². The van der Waals surface area contributed by atoms with Crippen LogP contribution >= 0.6 is 7.82 Å². The number of carbonyl (C=O) groups excluding carboxylic acids is 3. The summed E-state index contributed by atoms with van der Waals surface area (Å²) in [5.41, 5.74) is 0. The number of aliphatic hydroxyl groups excluding tert-OH is 1. The first-order valence-electron chi connectivity index (χ1n) is 28.5. The van der Waals surface area contributed by atoms with E-state index in [0.717, 1.165) is 109 Å². The molecule has 0 fully saturated rings. The van der Waals surface area contributed by atoms with Crippen molar-refractivity contribution in [2.24, 2.45) is 0 Å². The second-order valence-electron chi connectivity index (χ2n) is 18.7. The molecule has 11 nitrogen and oxygen atoms in total. The minimum absolute atomic E-state index is 0.111. The van der Waals surface area contributed by atoms with Crippen LogP contribution in [0.25, 0.3) is 0 Å². The van der Waals surface area contributed by atoms with Crippen molar-refractivity contribution in [1.82, 2.24) is 0 Å². The number of allylic oxidation sites excluding steroid dienone is 14. The molecule has 2 N–H and O–H groups in total. The molecule has 0 aliphatic heterocycles. The van der Waals surface area contributed by atoms with E-state index >= 15 is 0 Å². The molecular formula is C60H103O11P. The van der Waals surface area contributed by atoms with E-state index in [1.54, 1.807) is 0 Å². The van der Waals surface area contributed by atoms with Crippen LogP contribution in [0.15, 0.2) is 85.1 Å². The highest BCUT2D eigenvalue weighted by Crippen LogP contribution is 2.43. The zero-order valence-corrected chi connectivity index (χ0v) is 46.5. The van der Waals surface area contributed by atoms with Gasteiger partial charge in [-0.25, -0.2) is 4.57 Å². The van der Waals surface area contributed by atoms with E-state index in [4.69, 9.17) is 23.3 Å². The van der Waals surface area contributed by atoms with E-state index in [1.807, 2.05) is 0 Å². The average Bonchev–Trinajstić information content (AvgIpc) is 3.37. The predicted octanol–water partition coefficient (Wildman–Crippen LogP) is 16.7. The van der Waals surface area contributed by atoms with Crippen LogP contribution in [0.4, 0.5) is 0 Å². The van der Waals surface area contributed by atoms with Gasteiger partial charge in [-0.3, -0.25) is 23.4 Å². The summed E-state index contributed by atoms with van der Waals surface area (Å²) in [7, 11) is -4.76. The van der Waals surface area contributed by atoms with E-state index in [0.29, 0.717) is 19.3 Å². The Kier molecular flexibility index (Phi) is 51.4. The number of hydrogen-bond acceptors (Lipinski definition) is 10. The van der Waals surface area contributed by atoms with Crippen LogP contribution in [-0.4, -0.2) is 66.5 Å². The van der Waals surface area contributed by atoms with Gasteiger partial charge in [-0.15, -0.1) is 0 Å². The molecule has 0 bridgehead atoms. The smallest absolute Gasteiger partial charge is 0.462 e. The minimum Gasteiger partial charge on any atom is -0.462 e. The number of ether oxygens (including phenoxy) is 3. The third-order valence-corrected chi connectivity index (χ3v) is 12.8. The Morgan fingerprint density at radius 3 is 1.14 bits per heavy atom. The maximum Gasteiger partial charge on any atom is 0.472 e. The number of aliphatic hydroxyl groups is 1. The third-order valence-electron chi connectivity index (χ3n) is 11.8.